The van der Waals surface area contributed by atoms with Crippen molar-refractivity contribution in [2.24, 2.45) is 0 Å². The van der Waals surface area contributed by atoms with Gasteiger partial charge in [0.25, 0.3) is 0 Å². The molecule has 1 aromatic carbocycles. The van der Waals surface area contributed by atoms with E-state index in [1.165, 1.54) is 12.3 Å². The number of rotatable bonds is 2. The van der Waals surface area contributed by atoms with Crippen molar-refractivity contribution >= 4 is 0 Å². The lowest BCUT2D eigenvalue weighted by Gasteiger charge is -2.10. The second-order valence-electron chi connectivity index (χ2n) is 4.51. The van der Waals surface area contributed by atoms with Crippen molar-refractivity contribution in [1.29, 1.82) is 5.26 Å². The average molecular weight is 247 g/mol. The second-order valence-corrected chi connectivity index (χ2v) is 4.51. The van der Waals surface area contributed by atoms with Crippen LogP contribution in [-0.2, 0) is 5.41 Å². The summed E-state index contributed by atoms with van der Waals surface area (Å²) >= 11 is 0. The van der Waals surface area contributed by atoms with Crippen molar-refractivity contribution in [3.63, 3.8) is 0 Å². The molecule has 0 amide bonds. The van der Waals surface area contributed by atoms with Crippen molar-refractivity contribution in [3.8, 4) is 17.3 Å². The first-order valence-electron chi connectivity index (χ1n) is 5.36. The van der Waals surface area contributed by atoms with E-state index < -0.39 is 17.0 Å². The van der Waals surface area contributed by atoms with E-state index in [1.807, 2.05) is 0 Å². The highest BCUT2D eigenvalue weighted by Crippen LogP contribution is 2.24. The Morgan fingerprint density at radius 2 is 2.00 bits per heavy atom. The lowest BCUT2D eigenvalue weighted by molar-refractivity contribution is 0.509. The number of nitriles is 1. The number of aromatic amines is 1. The molecular weight excluding hydrogens is 236 g/mol. The second kappa shape index (κ2) is 4.22. The molecule has 0 aliphatic carbocycles. The predicted molar refractivity (Wildman–Crippen MR) is 62.6 cm³/mol. The maximum Gasteiger partial charge on any atom is 0.159 e. The van der Waals surface area contributed by atoms with Crippen molar-refractivity contribution in [1.82, 2.24) is 9.97 Å². The summed E-state index contributed by atoms with van der Waals surface area (Å²) in [4.78, 5) is 7.04. The smallest absolute Gasteiger partial charge is 0.159 e. The Kier molecular flexibility index (Phi) is 2.87. The normalized spacial score (nSPS) is 11.3. The molecule has 3 nitrogen and oxygen atoms in total. The molecule has 2 aromatic rings. The number of nitrogens with zero attached hydrogens (tertiary/aromatic N) is 2. The molecule has 5 heteroatoms. The number of hydrogen-bond donors (Lipinski definition) is 1. The van der Waals surface area contributed by atoms with Crippen LogP contribution >= 0.6 is 0 Å². The van der Waals surface area contributed by atoms with Crippen molar-refractivity contribution in [2.45, 2.75) is 19.3 Å². The largest absolute Gasteiger partial charge is 0.341 e. The Morgan fingerprint density at radius 1 is 1.28 bits per heavy atom. The van der Waals surface area contributed by atoms with Crippen LogP contribution in [0.1, 0.15) is 19.7 Å². The first-order valence-corrected chi connectivity index (χ1v) is 5.36. The minimum absolute atomic E-state index is 0.487. The van der Waals surface area contributed by atoms with Crippen LogP contribution in [-0.4, -0.2) is 9.97 Å². The average Bonchev–Trinajstić information content (AvgIpc) is 2.83. The highest BCUT2D eigenvalue weighted by atomic mass is 19.2. The fourth-order valence-corrected chi connectivity index (χ4v) is 1.50. The molecule has 1 heterocycles. The predicted octanol–water partition coefficient (Wildman–Crippen LogP) is 3.16. The van der Waals surface area contributed by atoms with Crippen LogP contribution in [0.15, 0.2) is 24.4 Å². The molecule has 0 aliphatic heterocycles. The third-order valence-corrected chi connectivity index (χ3v) is 2.68. The lowest BCUT2D eigenvalue weighted by Crippen LogP contribution is -2.15. The van der Waals surface area contributed by atoms with Gasteiger partial charge in [-0.15, -0.1) is 0 Å². The zero-order chi connectivity index (χ0) is 13.3. The van der Waals surface area contributed by atoms with Gasteiger partial charge in [-0.2, -0.15) is 5.26 Å². The highest BCUT2D eigenvalue weighted by Gasteiger charge is 2.23. The van der Waals surface area contributed by atoms with E-state index in [2.05, 4.69) is 16.0 Å². The summed E-state index contributed by atoms with van der Waals surface area (Å²) in [5.41, 5.74) is 0.283. The van der Waals surface area contributed by atoms with Gasteiger partial charge >= 0.3 is 0 Å². The summed E-state index contributed by atoms with van der Waals surface area (Å²) in [6.07, 6.45) is 1.50. The molecule has 1 aromatic heterocycles. The third kappa shape index (κ3) is 2.09. The van der Waals surface area contributed by atoms with E-state index in [0.29, 0.717) is 17.1 Å². The van der Waals surface area contributed by atoms with Gasteiger partial charge < -0.3 is 4.98 Å². The Bertz CT molecular complexity index is 623. The summed E-state index contributed by atoms with van der Waals surface area (Å²) in [7, 11) is 0. The van der Waals surface area contributed by atoms with E-state index in [4.69, 9.17) is 5.26 Å². The van der Waals surface area contributed by atoms with Gasteiger partial charge in [0.2, 0.25) is 0 Å². The van der Waals surface area contributed by atoms with Gasteiger partial charge in [-0.25, -0.2) is 13.8 Å². The highest BCUT2D eigenvalue weighted by molar-refractivity contribution is 5.58. The summed E-state index contributed by atoms with van der Waals surface area (Å²) < 4.78 is 25.9. The van der Waals surface area contributed by atoms with Gasteiger partial charge in [0.15, 0.2) is 11.6 Å². The van der Waals surface area contributed by atoms with E-state index in [-0.39, 0.29) is 0 Å². The monoisotopic (exact) mass is 247 g/mol. The van der Waals surface area contributed by atoms with Crippen LogP contribution in [0.4, 0.5) is 8.78 Å². The van der Waals surface area contributed by atoms with E-state index in [9.17, 15) is 8.78 Å². The maximum atomic E-state index is 13.1. The summed E-state index contributed by atoms with van der Waals surface area (Å²) in [5, 5.41) is 8.99. The van der Waals surface area contributed by atoms with Crippen LogP contribution in [0, 0.1) is 23.0 Å². The Morgan fingerprint density at radius 3 is 2.61 bits per heavy atom. The van der Waals surface area contributed by atoms with Gasteiger partial charge in [-0.1, -0.05) is 0 Å². The minimum atomic E-state index is -0.914. The molecule has 0 unspecified atom stereocenters. The molecule has 0 aliphatic rings. The molecule has 0 bridgehead atoms. The quantitative estimate of drug-likeness (QED) is 0.886. The molecule has 2 rings (SSSR count). The number of hydrogen-bond acceptors (Lipinski definition) is 2. The van der Waals surface area contributed by atoms with Gasteiger partial charge in [0.1, 0.15) is 11.2 Å². The van der Waals surface area contributed by atoms with E-state index >= 15 is 0 Å². The SMILES string of the molecule is CC(C)(C#N)c1ncc(-c2ccc(F)c(F)c2)[nH]1. The third-order valence-electron chi connectivity index (χ3n) is 2.68. The molecule has 0 radical (unpaired) electrons. The standard InChI is InChI=1S/C13H11F2N3/c1-13(2,7-16)12-17-6-11(18-12)8-3-4-9(14)10(15)5-8/h3-6H,1-2H3,(H,17,18). The number of H-pyrrole nitrogens is 1. The van der Waals surface area contributed by atoms with Gasteiger partial charge in [0.05, 0.1) is 18.0 Å². The molecule has 18 heavy (non-hydrogen) atoms. The van der Waals surface area contributed by atoms with Crippen LogP contribution in [0.3, 0.4) is 0 Å². The molecule has 0 spiro atoms. The first kappa shape index (κ1) is 12.2. The molecule has 0 atom stereocenters. The Hall–Kier alpha value is -2.22. The maximum absolute atomic E-state index is 13.1. The molecule has 1 N–H and O–H groups in total. The lowest BCUT2D eigenvalue weighted by atomic mass is 9.95. The Balaban J connectivity index is 2.42. The number of aromatic nitrogens is 2. The van der Waals surface area contributed by atoms with Crippen molar-refractivity contribution < 1.29 is 8.78 Å². The molecule has 0 saturated carbocycles. The van der Waals surface area contributed by atoms with Gasteiger partial charge in [-0.3, -0.25) is 0 Å². The molecule has 92 valence electrons. The Labute approximate surface area is 103 Å². The zero-order valence-electron chi connectivity index (χ0n) is 9.96. The topological polar surface area (TPSA) is 52.5 Å². The van der Waals surface area contributed by atoms with Crippen LogP contribution in [0.25, 0.3) is 11.3 Å². The molecular formula is C13H11F2N3. The van der Waals surface area contributed by atoms with Gasteiger partial charge in [0, 0.05) is 5.56 Å². The fraction of sp³-hybridized carbons (Fsp3) is 0.231. The first-order chi connectivity index (χ1) is 8.44. The van der Waals surface area contributed by atoms with E-state index in [1.54, 1.807) is 13.8 Å². The van der Waals surface area contributed by atoms with E-state index in [0.717, 1.165) is 12.1 Å². The van der Waals surface area contributed by atoms with Crippen LogP contribution in [0.5, 0.6) is 0 Å². The van der Waals surface area contributed by atoms with Gasteiger partial charge in [-0.05, 0) is 32.0 Å². The van der Waals surface area contributed by atoms with Crippen molar-refractivity contribution in [2.75, 3.05) is 0 Å². The van der Waals surface area contributed by atoms with Crippen LogP contribution < -0.4 is 0 Å². The van der Waals surface area contributed by atoms with Crippen LogP contribution in [0.2, 0.25) is 0 Å². The zero-order valence-corrected chi connectivity index (χ0v) is 9.96. The number of benzene rings is 1. The number of halogens is 2. The summed E-state index contributed by atoms with van der Waals surface area (Å²) in [6, 6.07) is 5.71. The molecule has 0 saturated heterocycles. The number of nitrogens with one attached hydrogen (secondary N) is 1. The molecule has 0 fully saturated rings. The summed E-state index contributed by atoms with van der Waals surface area (Å²) in [5.74, 6) is -1.32. The van der Waals surface area contributed by atoms with Crippen molar-refractivity contribution in [3.05, 3.63) is 41.9 Å². The number of imidazole rings is 1. The fourth-order valence-electron chi connectivity index (χ4n) is 1.50. The minimum Gasteiger partial charge on any atom is -0.341 e. The summed E-state index contributed by atoms with van der Waals surface area (Å²) in [6.45, 7) is 3.45.